The number of benzene rings is 1. The molecule has 0 unspecified atom stereocenters. The predicted octanol–water partition coefficient (Wildman–Crippen LogP) is 3.69. The minimum atomic E-state index is -4.72. The van der Waals surface area contributed by atoms with Crippen LogP contribution in [0.15, 0.2) is 18.2 Å². The molecule has 98 valence electrons. The molecule has 0 fully saturated rings. The lowest BCUT2D eigenvalue weighted by Gasteiger charge is -2.12. The van der Waals surface area contributed by atoms with E-state index in [9.17, 15) is 13.2 Å². The van der Waals surface area contributed by atoms with Crippen molar-refractivity contribution < 1.29 is 17.9 Å². The molecule has 0 aliphatic rings. The highest BCUT2D eigenvalue weighted by Gasteiger charge is 2.31. The van der Waals surface area contributed by atoms with Gasteiger partial charge in [0.25, 0.3) is 0 Å². The second-order valence-corrected chi connectivity index (χ2v) is 3.73. The molecule has 0 spiro atoms. The lowest BCUT2D eigenvalue weighted by Crippen LogP contribution is -2.18. The van der Waals surface area contributed by atoms with E-state index in [1.54, 1.807) is 13.8 Å². The van der Waals surface area contributed by atoms with E-state index in [-0.39, 0.29) is 17.2 Å². The number of rotatable bonds is 4. The van der Waals surface area contributed by atoms with Crippen LogP contribution in [-0.2, 0) is 0 Å². The summed E-state index contributed by atoms with van der Waals surface area (Å²) in [7, 11) is 0. The summed E-state index contributed by atoms with van der Waals surface area (Å²) < 4.78 is 39.8. The molecule has 3 nitrogen and oxygen atoms in total. The molecule has 0 radical (unpaired) electrons. The maximum atomic E-state index is 12.0. The number of aryl methyl sites for hydroxylation is 1. The number of nitrogens with one attached hydrogen (secondary N) is 2. The van der Waals surface area contributed by atoms with Gasteiger partial charge in [0.1, 0.15) is 5.75 Å². The minimum absolute atomic E-state index is 0.0218. The van der Waals surface area contributed by atoms with E-state index >= 15 is 0 Å². The van der Waals surface area contributed by atoms with E-state index in [0.29, 0.717) is 17.5 Å². The fourth-order valence-corrected chi connectivity index (χ4v) is 1.45. The Morgan fingerprint density at radius 3 is 2.33 bits per heavy atom. The Morgan fingerprint density at radius 2 is 1.89 bits per heavy atom. The molecule has 0 saturated heterocycles. The molecule has 1 rings (SSSR count). The van der Waals surface area contributed by atoms with Crippen LogP contribution >= 0.6 is 0 Å². The molecule has 1 aromatic rings. The number of alkyl halides is 3. The Hall–Kier alpha value is -1.85. The number of halogens is 3. The van der Waals surface area contributed by atoms with Gasteiger partial charge < -0.3 is 10.1 Å². The lowest BCUT2D eigenvalue weighted by atomic mass is 9.99. The fourth-order valence-electron chi connectivity index (χ4n) is 1.45. The van der Waals surface area contributed by atoms with Crippen LogP contribution in [0.3, 0.4) is 0 Å². The third kappa shape index (κ3) is 3.58. The van der Waals surface area contributed by atoms with Crippen LogP contribution in [0.5, 0.6) is 5.75 Å². The zero-order valence-electron chi connectivity index (χ0n) is 9.98. The molecule has 1 aromatic carbocycles. The van der Waals surface area contributed by atoms with Crippen LogP contribution < -0.4 is 4.74 Å². The Morgan fingerprint density at radius 1 is 1.28 bits per heavy atom. The predicted molar refractivity (Wildman–Crippen MR) is 62.7 cm³/mol. The van der Waals surface area contributed by atoms with Crippen molar-refractivity contribution in [1.29, 1.82) is 10.8 Å². The first kappa shape index (κ1) is 14.2. The summed E-state index contributed by atoms with van der Waals surface area (Å²) in [4.78, 5) is 0. The zero-order valence-corrected chi connectivity index (χ0v) is 9.98. The molecule has 0 saturated carbocycles. The van der Waals surface area contributed by atoms with Gasteiger partial charge in [-0.2, -0.15) is 0 Å². The highest BCUT2D eigenvalue weighted by atomic mass is 19.4. The van der Waals surface area contributed by atoms with Crippen molar-refractivity contribution in [2.75, 3.05) is 0 Å². The van der Waals surface area contributed by atoms with Gasteiger partial charge in [0.15, 0.2) is 0 Å². The van der Waals surface area contributed by atoms with Crippen molar-refractivity contribution in [3.63, 3.8) is 0 Å². The molecule has 0 aliphatic heterocycles. The summed E-state index contributed by atoms with van der Waals surface area (Å²) >= 11 is 0. The molecule has 6 heteroatoms. The summed E-state index contributed by atoms with van der Waals surface area (Å²) in [5.41, 5.74) is 1.08. The largest absolute Gasteiger partial charge is 0.573 e. The van der Waals surface area contributed by atoms with Crippen molar-refractivity contribution in [3.8, 4) is 5.75 Å². The summed E-state index contributed by atoms with van der Waals surface area (Å²) in [6.07, 6.45) is -4.32. The van der Waals surface area contributed by atoms with Crippen molar-refractivity contribution in [1.82, 2.24) is 0 Å². The molecule has 0 bridgehead atoms. The third-order valence-electron chi connectivity index (χ3n) is 2.36. The zero-order chi connectivity index (χ0) is 13.9. The molecule has 2 N–H and O–H groups in total. The molecule has 0 amide bonds. The summed E-state index contributed by atoms with van der Waals surface area (Å²) in [5, 5.41) is 15.3. The maximum absolute atomic E-state index is 12.0. The minimum Gasteiger partial charge on any atom is -0.406 e. The first-order valence-corrected chi connectivity index (χ1v) is 5.27. The van der Waals surface area contributed by atoms with Crippen LogP contribution in [0.1, 0.15) is 24.5 Å². The van der Waals surface area contributed by atoms with Crippen LogP contribution in [-0.4, -0.2) is 17.8 Å². The van der Waals surface area contributed by atoms with Gasteiger partial charge in [-0.05, 0) is 37.1 Å². The quantitative estimate of drug-likeness (QED) is 0.795. The first-order chi connectivity index (χ1) is 8.24. The van der Waals surface area contributed by atoms with Gasteiger partial charge in [-0.1, -0.05) is 6.92 Å². The van der Waals surface area contributed by atoms with E-state index in [1.165, 1.54) is 12.1 Å². The van der Waals surface area contributed by atoms with Gasteiger partial charge in [0.2, 0.25) is 0 Å². The van der Waals surface area contributed by atoms with E-state index < -0.39 is 6.36 Å². The monoisotopic (exact) mass is 258 g/mol. The lowest BCUT2D eigenvalue weighted by molar-refractivity contribution is -0.274. The van der Waals surface area contributed by atoms with E-state index in [1.807, 2.05) is 0 Å². The van der Waals surface area contributed by atoms with Gasteiger partial charge >= 0.3 is 6.36 Å². The van der Waals surface area contributed by atoms with Crippen molar-refractivity contribution in [2.24, 2.45) is 0 Å². The average Bonchev–Trinajstić information content (AvgIpc) is 2.25. The van der Waals surface area contributed by atoms with Gasteiger partial charge in [-0.3, -0.25) is 5.41 Å². The Kier molecular flexibility index (Phi) is 4.11. The summed E-state index contributed by atoms with van der Waals surface area (Å²) in [5.74, 6) is -0.320. The molecule has 18 heavy (non-hydrogen) atoms. The van der Waals surface area contributed by atoms with Crippen molar-refractivity contribution >= 4 is 11.4 Å². The number of hydrogen-bond acceptors (Lipinski definition) is 3. The smallest absolute Gasteiger partial charge is 0.406 e. The fraction of sp³-hybridized carbons (Fsp3) is 0.333. The maximum Gasteiger partial charge on any atom is 0.573 e. The first-order valence-electron chi connectivity index (χ1n) is 5.27. The topological polar surface area (TPSA) is 56.9 Å². The summed E-state index contributed by atoms with van der Waals surface area (Å²) in [6, 6.07) is 3.72. The number of hydrogen-bond donors (Lipinski definition) is 2. The molecule has 0 aromatic heterocycles. The van der Waals surface area contributed by atoms with E-state index in [4.69, 9.17) is 10.8 Å². The normalized spacial score (nSPS) is 11.2. The molecule has 0 atom stereocenters. The third-order valence-corrected chi connectivity index (χ3v) is 2.36. The van der Waals surface area contributed by atoms with Crippen LogP contribution in [0, 0.1) is 17.7 Å². The summed E-state index contributed by atoms with van der Waals surface area (Å²) in [6.45, 7) is 3.32. The van der Waals surface area contributed by atoms with Crippen LogP contribution in [0.25, 0.3) is 0 Å². The Bertz CT molecular complexity index is 481. The second kappa shape index (κ2) is 5.20. The van der Waals surface area contributed by atoms with E-state index in [0.717, 1.165) is 6.07 Å². The van der Waals surface area contributed by atoms with Gasteiger partial charge in [0, 0.05) is 5.56 Å². The average molecular weight is 258 g/mol. The molecular weight excluding hydrogens is 245 g/mol. The Balaban J connectivity index is 3.00. The van der Waals surface area contributed by atoms with Crippen LogP contribution in [0.2, 0.25) is 0 Å². The molecular formula is C12H13F3N2O. The highest BCUT2D eigenvalue weighted by Crippen LogP contribution is 2.25. The van der Waals surface area contributed by atoms with Crippen molar-refractivity contribution in [3.05, 3.63) is 29.3 Å². The molecule has 0 aliphatic carbocycles. The van der Waals surface area contributed by atoms with Gasteiger partial charge in [-0.15, -0.1) is 13.2 Å². The Labute approximate surface area is 103 Å². The SMILES string of the molecule is CCC(=N)C(=N)c1ccc(OC(F)(F)F)cc1C. The number of ether oxygens (including phenoxy) is 1. The standard InChI is InChI=1S/C12H13F3N2O/c1-3-10(16)11(17)9-5-4-8(6-7(9)2)18-12(13,14)15/h4-6,16-17H,3H2,1-2H3. The van der Waals surface area contributed by atoms with E-state index in [2.05, 4.69) is 4.74 Å². The van der Waals surface area contributed by atoms with Gasteiger partial charge in [-0.25, -0.2) is 0 Å². The van der Waals surface area contributed by atoms with Gasteiger partial charge in [0.05, 0.1) is 11.4 Å². The molecule has 0 heterocycles. The van der Waals surface area contributed by atoms with Crippen LogP contribution in [0.4, 0.5) is 13.2 Å². The van der Waals surface area contributed by atoms with Crippen molar-refractivity contribution in [2.45, 2.75) is 26.6 Å². The highest BCUT2D eigenvalue weighted by molar-refractivity contribution is 6.46. The second-order valence-electron chi connectivity index (χ2n) is 3.73.